The lowest BCUT2D eigenvalue weighted by atomic mass is 9.68. The first-order valence-corrected chi connectivity index (χ1v) is 26.4. The average Bonchev–Trinajstić information content (AvgIpc) is 3.34. The van der Waals surface area contributed by atoms with E-state index in [1.165, 1.54) is 14.0 Å². The number of ether oxygens (including phenoxy) is 5. The number of cyclic esters (lactones) is 1. The van der Waals surface area contributed by atoms with Crippen LogP contribution in [-0.4, -0.2) is 210 Å². The fraction of sp³-hybridized carbons (Fsp3) is 0.849. The summed E-state index contributed by atoms with van der Waals surface area (Å²) >= 11 is 0. The average molecular weight is 1030 g/mol. The largest absolute Gasteiger partial charge is 0.459 e. The van der Waals surface area contributed by atoms with Gasteiger partial charge < -0.3 is 79.7 Å². The topological polar surface area (TPSA) is 235 Å². The van der Waals surface area contributed by atoms with Crippen molar-refractivity contribution in [3.63, 3.8) is 0 Å². The molecule has 0 saturated carbocycles. The van der Waals surface area contributed by atoms with Crippen LogP contribution in [0, 0.1) is 23.7 Å². The molecule has 4 aliphatic rings. The molecule has 0 aliphatic carbocycles. The predicted molar refractivity (Wildman–Crippen MR) is 271 cm³/mol. The summed E-state index contributed by atoms with van der Waals surface area (Å²) in [7, 11) is 5.10. The zero-order chi connectivity index (χ0) is 53.6. The molecule has 4 heterocycles. The number of aliphatic hydroxyl groups is 6. The maximum absolute atomic E-state index is 14.6. The molecule has 5 rings (SSSR count). The smallest absolute Gasteiger partial charge is 0.309 e. The number of carbonyl (C=O) groups excluding carboxylic acids is 2. The maximum atomic E-state index is 14.6. The van der Waals surface area contributed by atoms with Gasteiger partial charge in [0.1, 0.15) is 42.8 Å². The van der Waals surface area contributed by atoms with Crippen molar-refractivity contribution in [1.82, 2.24) is 20.4 Å². The summed E-state index contributed by atoms with van der Waals surface area (Å²) in [6.07, 6.45) is -9.58. The number of esters is 1. The summed E-state index contributed by atoms with van der Waals surface area (Å²) in [4.78, 5) is 34.0. The molecule has 1 aromatic carbocycles. The summed E-state index contributed by atoms with van der Waals surface area (Å²) in [5, 5.41) is 77.1. The number of nitrogens with zero attached hydrogens (tertiary/aromatic N) is 3. The maximum Gasteiger partial charge on any atom is 0.309 e. The number of aliphatic hydroxyl groups excluding tert-OH is 4. The van der Waals surface area contributed by atoms with Crippen LogP contribution in [0.5, 0.6) is 0 Å². The normalized spacial score (nSPS) is 41.2. The van der Waals surface area contributed by atoms with E-state index in [-0.39, 0.29) is 38.1 Å². The number of rotatable bonds is 14. The number of piperazine rings is 1. The highest BCUT2D eigenvalue weighted by Crippen LogP contribution is 2.45. The molecule has 4 fully saturated rings. The second-order valence-corrected chi connectivity index (χ2v) is 22.6. The standard InChI is InChI=1S/C53H92FN5O13/c1-14-41-53(10,67)46(63)34(6)58(12)29-30(2)26-51(8,66)48(32(4)43(33(5)49(65)71-41)40-27-52(9,68-13)47(64)35(7)70-40)72-50-45(62)39(25-31(3)69-50)57(11)22-19-42(60)56-38(28-54)44(61)36-15-17-37(18-16-36)59-23-20-55-21-24-59/h15-18,30-35,38-41,43-48,50,55,61-64,66-67H,14,19-29H2,1-13H3,(H,56,60)/t30-,31-,32+,33-,34-,35+,38-,39+,40-,41-,43?,44-,45-,46-,47+,48-,50+,51-,52-,53-/m1/s1. The minimum absolute atomic E-state index is 0.0686. The molecule has 0 spiro atoms. The van der Waals surface area contributed by atoms with Gasteiger partial charge in [-0.3, -0.25) is 9.59 Å². The number of anilines is 1. The summed E-state index contributed by atoms with van der Waals surface area (Å²) in [6.45, 7) is 20.6. The first-order valence-electron chi connectivity index (χ1n) is 26.4. The Labute approximate surface area is 428 Å². The zero-order valence-corrected chi connectivity index (χ0v) is 45.4. The van der Waals surface area contributed by atoms with Gasteiger partial charge in [-0.05, 0) is 104 Å². The van der Waals surface area contributed by atoms with Crippen LogP contribution in [0.25, 0.3) is 0 Å². The molecule has 4 saturated heterocycles. The number of hydrogen-bond acceptors (Lipinski definition) is 17. The number of nitrogens with one attached hydrogen (secondary N) is 2. The van der Waals surface area contributed by atoms with E-state index in [1.807, 2.05) is 49.8 Å². The van der Waals surface area contributed by atoms with Crippen molar-refractivity contribution >= 4 is 17.6 Å². The van der Waals surface area contributed by atoms with Crippen LogP contribution in [0.4, 0.5) is 10.1 Å². The summed E-state index contributed by atoms with van der Waals surface area (Å²) in [5.74, 6) is -3.86. The summed E-state index contributed by atoms with van der Waals surface area (Å²) in [6, 6.07) is 4.93. The van der Waals surface area contributed by atoms with Crippen molar-refractivity contribution in [2.24, 2.45) is 23.7 Å². The second kappa shape index (κ2) is 25.5. The van der Waals surface area contributed by atoms with Crippen LogP contribution < -0.4 is 15.5 Å². The van der Waals surface area contributed by atoms with E-state index in [0.717, 1.165) is 31.9 Å². The van der Waals surface area contributed by atoms with Crippen molar-refractivity contribution in [3.05, 3.63) is 29.8 Å². The van der Waals surface area contributed by atoms with Gasteiger partial charge in [-0.25, -0.2) is 4.39 Å². The Morgan fingerprint density at radius 2 is 1.64 bits per heavy atom. The summed E-state index contributed by atoms with van der Waals surface area (Å²) in [5.41, 5.74) is -3.10. The van der Waals surface area contributed by atoms with E-state index in [4.69, 9.17) is 23.7 Å². The highest BCUT2D eigenvalue weighted by molar-refractivity contribution is 5.76. The van der Waals surface area contributed by atoms with Gasteiger partial charge in [0.05, 0.1) is 47.6 Å². The van der Waals surface area contributed by atoms with E-state index in [9.17, 15) is 44.6 Å². The Morgan fingerprint density at radius 3 is 2.24 bits per heavy atom. The van der Waals surface area contributed by atoms with Gasteiger partial charge in [-0.1, -0.05) is 39.8 Å². The molecule has 19 heteroatoms. The van der Waals surface area contributed by atoms with Crippen LogP contribution in [-0.2, 0) is 33.3 Å². The number of likely N-dealkylation sites (N-methyl/N-ethyl adjacent to an activating group) is 2. The lowest BCUT2D eigenvalue weighted by molar-refractivity contribution is -0.302. The number of halogens is 1. The molecule has 18 nitrogen and oxygen atoms in total. The van der Waals surface area contributed by atoms with Crippen LogP contribution in [0.3, 0.4) is 0 Å². The van der Waals surface area contributed by atoms with Gasteiger partial charge in [0.15, 0.2) is 6.29 Å². The minimum Gasteiger partial charge on any atom is -0.459 e. The number of alkyl halides is 1. The monoisotopic (exact) mass is 1030 g/mol. The molecule has 0 aromatic heterocycles. The summed E-state index contributed by atoms with van der Waals surface area (Å²) < 4.78 is 46.4. The van der Waals surface area contributed by atoms with Crippen molar-refractivity contribution in [1.29, 1.82) is 0 Å². The Morgan fingerprint density at radius 1 is 1.00 bits per heavy atom. The molecule has 1 amide bonds. The molecule has 0 radical (unpaired) electrons. The molecular weight excluding hydrogens is 934 g/mol. The fourth-order valence-electron chi connectivity index (χ4n) is 12.2. The third kappa shape index (κ3) is 14.0. The third-order valence-electron chi connectivity index (χ3n) is 16.8. The number of carbonyl (C=O) groups is 2. The van der Waals surface area contributed by atoms with Gasteiger partial charge in [-0.2, -0.15) is 0 Å². The highest BCUT2D eigenvalue weighted by Gasteiger charge is 2.55. The minimum atomic E-state index is -1.84. The fourth-order valence-corrected chi connectivity index (χ4v) is 12.2. The van der Waals surface area contributed by atoms with Gasteiger partial charge in [0, 0.05) is 82.9 Å². The Balaban J connectivity index is 1.40. The lowest BCUT2D eigenvalue weighted by Crippen LogP contribution is -2.62. The van der Waals surface area contributed by atoms with Gasteiger partial charge >= 0.3 is 5.97 Å². The van der Waals surface area contributed by atoms with Crippen molar-refractivity contribution in [2.45, 2.75) is 197 Å². The highest BCUT2D eigenvalue weighted by atomic mass is 19.1. The van der Waals surface area contributed by atoms with E-state index in [2.05, 4.69) is 15.5 Å². The van der Waals surface area contributed by atoms with Gasteiger partial charge in [0.25, 0.3) is 0 Å². The SMILES string of the molecule is CC[C@H]1OC(=O)[C@H](C)C([C@H]2C[C@@](C)(OC)[C@@H](O)[C@H](C)O2)[C@H](C)[C@@H](O[C@@H]2O[C@H](C)C[C@H](N(C)CCC(=O)N[C@H](CF)[C@H](O)c3ccc(N4CCNCC4)cc3)[C@H]2O)[C@](C)(O)C[C@@H](C)CN(C)[C@H](C)[C@@H](O)[C@]1(C)O. The van der Waals surface area contributed by atoms with Crippen molar-refractivity contribution in [3.8, 4) is 0 Å². The van der Waals surface area contributed by atoms with E-state index >= 15 is 0 Å². The number of hydrogen-bond donors (Lipinski definition) is 8. The first kappa shape index (κ1) is 60.2. The van der Waals surface area contributed by atoms with Crippen molar-refractivity contribution < 1.29 is 68.3 Å². The molecule has 8 N–H and O–H groups in total. The molecule has 72 heavy (non-hydrogen) atoms. The zero-order valence-electron chi connectivity index (χ0n) is 45.4. The van der Waals surface area contributed by atoms with Gasteiger partial charge in [-0.15, -0.1) is 0 Å². The van der Waals surface area contributed by atoms with E-state index in [0.29, 0.717) is 18.5 Å². The number of amides is 1. The molecule has 414 valence electrons. The van der Waals surface area contributed by atoms with Gasteiger partial charge in [0.2, 0.25) is 5.91 Å². The van der Waals surface area contributed by atoms with E-state index in [1.54, 1.807) is 60.7 Å². The third-order valence-corrected chi connectivity index (χ3v) is 16.8. The van der Waals surface area contributed by atoms with Crippen molar-refractivity contribution in [2.75, 3.05) is 72.0 Å². The molecule has 4 aliphatic heterocycles. The Hall–Kier alpha value is -2.63. The van der Waals surface area contributed by atoms with Crippen LogP contribution in [0.15, 0.2) is 24.3 Å². The molecule has 1 aromatic rings. The quantitative estimate of drug-likeness (QED) is 0.125. The first-order chi connectivity index (χ1) is 33.7. The second-order valence-electron chi connectivity index (χ2n) is 22.6. The molecule has 20 atom stereocenters. The van der Waals surface area contributed by atoms with Crippen LogP contribution in [0.2, 0.25) is 0 Å². The van der Waals surface area contributed by atoms with Crippen LogP contribution in [0.1, 0.15) is 113 Å². The lowest BCUT2D eigenvalue weighted by Gasteiger charge is -2.51. The predicted octanol–water partition coefficient (Wildman–Crippen LogP) is 2.53. The van der Waals surface area contributed by atoms with E-state index < -0.39 is 132 Å². The molecule has 0 bridgehead atoms. The Kier molecular flexibility index (Phi) is 21.3. The molecular formula is C53H92FN5O13. The Bertz CT molecular complexity index is 1860. The number of methoxy groups -OCH3 is 1. The van der Waals surface area contributed by atoms with Crippen LogP contribution >= 0.6 is 0 Å². The molecule has 1 unspecified atom stereocenters. The number of benzene rings is 1.